The van der Waals surface area contributed by atoms with E-state index in [0.717, 1.165) is 0 Å². The van der Waals surface area contributed by atoms with E-state index in [-0.39, 0.29) is 18.2 Å². The summed E-state index contributed by atoms with van der Waals surface area (Å²) < 4.78 is 9.97. The number of carbonyl (C=O) groups is 3. The number of likely N-dealkylation sites (N-methyl/N-ethyl adjacent to an activating group) is 1. The predicted octanol–water partition coefficient (Wildman–Crippen LogP) is 2.02. The Balaban J connectivity index is 1.67. The van der Waals surface area contributed by atoms with E-state index in [1.54, 1.807) is 54.6 Å². The highest BCUT2D eigenvalue weighted by Gasteiger charge is 2.41. The maximum atomic E-state index is 12.5. The molecule has 146 valence electrons. The van der Waals surface area contributed by atoms with Gasteiger partial charge in [-0.3, -0.25) is 14.5 Å². The summed E-state index contributed by atoms with van der Waals surface area (Å²) in [7, 11) is 2.88. The lowest BCUT2D eigenvalue weighted by atomic mass is 10.1. The summed E-state index contributed by atoms with van der Waals surface area (Å²) in [5.74, 6) is -0.395. The molecule has 1 unspecified atom stereocenters. The van der Waals surface area contributed by atoms with E-state index in [9.17, 15) is 14.4 Å². The molecule has 1 fully saturated rings. The molecule has 1 N–H and O–H groups in total. The fraction of sp³-hybridized carbons (Fsp3) is 0.263. The van der Waals surface area contributed by atoms with Gasteiger partial charge in [0.25, 0.3) is 5.91 Å². The normalized spacial score (nSPS) is 16.4. The van der Waals surface area contributed by atoms with Crippen molar-refractivity contribution in [1.29, 1.82) is 0 Å². The van der Waals surface area contributed by atoms with Crippen LogP contribution in [0.2, 0.25) is 0 Å². The molecule has 2 amide bonds. The first-order valence-corrected chi connectivity index (χ1v) is 8.90. The van der Waals surface area contributed by atoms with E-state index in [0.29, 0.717) is 28.7 Å². The Morgan fingerprint density at radius 2 is 1.96 bits per heavy atom. The topological polar surface area (TPSA) is 92.1 Å². The van der Waals surface area contributed by atoms with E-state index in [1.807, 2.05) is 0 Å². The number of carbonyl (C=O) groups excluding carboxylic acids is 3. The first-order valence-electron chi connectivity index (χ1n) is 8.49. The van der Waals surface area contributed by atoms with E-state index in [4.69, 9.17) is 16.6 Å². The van der Waals surface area contributed by atoms with Crippen molar-refractivity contribution in [2.45, 2.75) is 19.0 Å². The molecule has 0 radical (unpaired) electrons. The number of furan rings is 1. The molecule has 1 aromatic carbocycles. The number of esters is 1. The summed E-state index contributed by atoms with van der Waals surface area (Å²) >= 11 is 5.34. The maximum absolute atomic E-state index is 12.5. The number of amides is 2. The number of ether oxygens (including phenoxy) is 1. The largest absolute Gasteiger partial charge is 0.467 e. The summed E-state index contributed by atoms with van der Waals surface area (Å²) in [5, 5.41) is 3.08. The minimum atomic E-state index is -0.711. The molecule has 1 atom stereocenters. The fourth-order valence-corrected chi connectivity index (χ4v) is 3.20. The second-order valence-electron chi connectivity index (χ2n) is 6.22. The Kier molecular flexibility index (Phi) is 5.74. The number of nitrogens with one attached hydrogen (secondary N) is 1. The smallest absolute Gasteiger partial charge is 0.337 e. The average Bonchev–Trinajstić information content (AvgIpc) is 3.27. The standard InChI is InChI=1S/C19H19N3O5S/c1-21-17(24)15(22(19(21)28)11-14-4-3-9-27-14)10-16(23)20-13-7-5-12(6-8-13)18(25)26-2/h3-9,15H,10-11H2,1-2H3,(H,20,23). The molecule has 0 saturated carbocycles. The Labute approximate surface area is 167 Å². The van der Waals surface area contributed by atoms with Gasteiger partial charge in [-0.05, 0) is 48.6 Å². The molecule has 0 spiro atoms. The number of hydrogen-bond donors (Lipinski definition) is 1. The van der Waals surface area contributed by atoms with Crippen LogP contribution in [0.4, 0.5) is 5.69 Å². The lowest BCUT2D eigenvalue weighted by Gasteiger charge is -2.22. The van der Waals surface area contributed by atoms with Gasteiger partial charge in [0.1, 0.15) is 11.8 Å². The fourth-order valence-electron chi connectivity index (χ4n) is 2.92. The number of anilines is 1. The van der Waals surface area contributed by atoms with Crippen LogP contribution in [-0.2, 0) is 20.9 Å². The predicted molar refractivity (Wildman–Crippen MR) is 104 cm³/mol. The maximum Gasteiger partial charge on any atom is 0.337 e. The zero-order valence-corrected chi connectivity index (χ0v) is 16.2. The van der Waals surface area contributed by atoms with Crippen LogP contribution in [0.5, 0.6) is 0 Å². The first kappa shape index (κ1) is 19.6. The molecule has 3 rings (SSSR count). The van der Waals surface area contributed by atoms with Crippen LogP contribution < -0.4 is 5.32 Å². The second-order valence-corrected chi connectivity index (χ2v) is 6.59. The van der Waals surface area contributed by atoms with Crippen molar-refractivity contribution in [3.63, 3.8) is 0 Å². The van der Waals surface area contributed by atoms with E-state index >= 15 is 0 Å². The number of hydrogen-bond acceptors (Lipinski definition) is 6. The number of benzene rings is 1. The quantitative estimate of drug-likeness (QED) is 0.585. The van der Waals surface area contributed by atoms with Crippen LogP contribution in [0.15, 0.2) is 47.1 Å². The van der Waals surface area contributed by atoms with Gasteiger partial charge in [0.05, 0.1) is 31.9 Å². The summed E-state index contributed by atoms with van der Waals surface area (Å²) in [6, 6.07) is 9.11. The van der Waals surface area contributed by atoms with Crippen molar-refractivity contribution in [2.75, 3.05) is 19.5 Å². The minimum Gasteiger partial charge on any atom is -0.467 e. The van der Waals surface area contributed by atoms with Gasteiger partial charge in [0.2, 0.25) is 5.91 Å². The molecule has 1 aliphatic rings. The molecule has 2 heterocycles. The lowest BCUT2D eigenvalue weighted by Crippen LogP contribution is -2.37. The zero-order chi connectivity index (χ0) is 20.3. The lowest BCUT2D eigenvalue weighted by molar-refractivity contribution is -0.130. The summed E-state index contributed by atoms with van der Waals surface area (Å²) in [6.07, 6.45) is 1.47. The van der Waals surface area contributed by atoms with Crippen LogP contribution in [0, 0.1) is 0 Å². The Morgan fingerprint density at radius 1 is 1.25 bits per heavy atom. The van der Waals surface area contributed by atoms with Crippen molar-refractivity contribution in [3.05, 3.63) is 54.0 Å². The Bertz CT molecular complexity index is 895. The van der Waals surface area contributed by atoms with Crippen molar-refractivity contribution in [1.82, 2.24) is 9.80 Å². The van der Waals surface area contributed by atoms with Gasteiger partial charge in [0, 0.05) is 12.7 Å². The third-order valence-electron chi connectivity index (χ3n) is 4.40. The molecule has 28 heavy (non-hydrogen) atoms. The minimum absolute atomic E-state index is 0.0667. The van der Waals surface area contributed by atoms with Crippen LogP contribution in [0.25, 0.3) is 0 Å². The molecule has 8 nitrogen and oxygen atoms in total. The molecule has 1 aliphatic heterocycles. The van der Waals surface area contributed by atoms with Gasteiger partial charge < -0.3 is 19.4 Å². The van der Waals surface area contributed by atoms with Crippen LogP contribution in [0.1, 0.15) is 22.5 Å². The van der Waals surface area contributed by atoms with Crippen LogP contribution in [-0.4, -0.2) is 52.9 Å². The molecule has 1 aromatic heterocycles. The highest BCUT2D eigenvalue weighted by atomic mass is 32.1. The number of methoxy groups -OCH3 is 1. The summed E-state index contributed by atoms with van der Waals surface area (Å²) in [5.41, 5.74) is 0.889. The van der Waals surface area contributed by atoms with Crippen LogP contribution >= 0.6 is 12.2 Å². The molecule has 1 saturated heterocycles. The third-order valence-corrected chi connectivity index (χ3v) is 4.91. The van der Waals surface area contributed by atoms with Gasteiger partial charge in [-0.2, -0.15) is 0 Å². The van der Waals surface area contributed by atoms with Crippen molar-refractivity contribution in [3.8, 4) is 0 Å². The average molecular weight is 401 g/mol. The number of thiocarbonyl (C=S) groups is 1. The van der Waals surface area contributed by atoms with E-state index in [2.05, 4.69) is 10.1 Å². The van der Waals surface area contributed by atoms with Crippen molar-refractivity contribution < 1.29 is 23.5 Å². The van der Waals surface area contributed by atoms with Crippen molar-refractivity contribution >= 4 is 40.8 Å². The van der Waals surface area contributed by atoms with Gasteiger partial charge in [0.15, 0.2) is 5.11 Å². The molecule has 9 heteroatoms. The van der Waals surface area contributed by atoms with E-state index < -0.39 is 12.0 Å². The van der Waals surface area contributed by atoms with Crippen molar-refractivity contribution in [2.24, 2.45) is 0 Å². The first-order chi connectivity index (χ1) is 13.4. The summed E-state index contributed by atoms with van der Waals surface area (Å²) in [6.45, 7) is 0.299. The Hall–Kier alpha value is -3.20. The molecule has 0 aliphatic carbocycles. The SMILES string of the molecule is COC(=O)c1ccc(NC(=O)CC2C(=O)N(C)C(=S)N2Cc2ccco2)cc1. The number of nitrogens with zero attached hydrogens (tertiary/aromatic N) is 2. The summed E-state index contributed by atoms with van der Waals surface area (Å²) in [4.78, 5) is 39.5. The highest BCUT2D eigenvalue weighted by Crippen LogP contribution is 2.23. The highest BCUT2D eigenvalue weighted by molar-refractivity contribution is 7.80. The van der Waals surface area contributed by atoms with Crippen LogP contribution in [0.3, 0.4) is 0 Å². The van der Waals surface area contributed by atoms with Gasteiger partial charge in [-0.15, -0.1) is 0 Å². The molecular weight excluding hydrogens is 382 g/mol. The van der Waals surface area contributed by atoms with Gasteiger partial charge in [-0.1, -0.05) is 0 Å². The van der Waals surface area contributed by atoms with E-state index in [1.165, 1.54) is 12.0 Å². The van der Waals surface area contributed by atoms with Gasteiger partial charge in [-0.25, -0.2) is 4.79 Å². The third kappa shape index (κ3) is 4.04. The monoisotopic (exact) mass is 401 g/mol. The van der Waals surface area contributed by atoms with Gasteiger partial charge >= 0.3 is 5.97 Å². The molecule has 0 bridgehead atoms. The number of rotatable bonds is 6. The molecule has 2 aromatic rings. The second kappa shape index (κ2) is 8.22. The molecular formula is C19H19N3O5S. The Morgan fingerprint density at radius 3 is 2.57 bits per heavy atom. The zero-order valence-electron chi connectivity index (χ0n) is 15.4.